The third kappa shape index (κ3) is 1.50. The second-order valence-electron chi connectivity index (χ2n) is 4.92. The minimum Gasteiger partial charge on any atom is -0.304 e. The van der Waals surface area contributed by atoms with E-state index < -0.39 is 0 Å². The summed E-state index contributed by atoms with van der Waals surface area (Å²) in [4.78, 5) is 4.57. The zero-order valence-corrected chi connectivity index (χ0v) is 10.8. The van der Waals surface area contributed by atoms with Crippen molar-refractivity contribution in [2.45, 2.75) is 52.4 Å². The predicted molar refractivity (Wildman–Crippen MR) is 70.6 cm³/mol. The molecular weight excluding hydrogens is 208 g/mol. The van der Waals surface area contributed by atoms with Crippen molar-refractivity contribution in [2.75, 3.05) is 0 Å². The Labute approximate surface area is 103 Å². The molecular formula is C15H20N2. The number of aromatic nitrogens is 2. The standard InChI is InChI=1S/C15H20N2/c1-3-11-12-7-5-6-8-13(12)14(4-2)17-10-9-16-15(11)17/h9-10H,3-8H2,1-2H3. The van der Waals surface area contributed by atoms with E-state index in [1.807, 2.05) is 6.20 Å². The van der Waals surface area contributed by atoms with Gasteiger partial charge in [-0.3, -0.25) is 0 Å². The minimum atomic E-state index is 1.10. The van der Waals surface area contributed by atoms with Gasteiger partial charge in [-0.1, -0.05) is 13.8 Å². The summed E-state index contributed by atoms with van der Waals surface area (Å²) in [5.41, 5.74) is 7.42. The van der Waals surface area contributed by atoms with Gasteiger partial charge in [0.15, 0.2) is 0 Å². The fourth-order valence-corrected chi connectivity index (χ4v) is 3.34. The summed E-state index contributed by atoms with van der Waals surface area (Å²) in [5.74, 6) is 0. The molecule has 1 aliphatic rings. The molecule has 0 saturated carbocycles. The van der Waals surface area contributed by atoms with Crippen LogP contribution in [0.15, 0.2) is 12.4 Å². The molecule has 0 bridgehead atoms. The van der Waals surface area contributed by atoms with Crippen molar-refractivity contribution in [3.63, 3.8) is 0 Å². The fraction of sp³-hybridized carbons (Fsp3) is 0.533. The third-order valence-corrected chi connectivity index (χ3v) is 4.07. The Morgan fingerprint density at radius 1 is 1.12 bits per heavy atom. The number of hydrogen-bond donors (Lipinski definition) is 0. The van der Waals surface area contributed by atoms with Crippen LogP contribution in [-0.4, -0.2) is 9.38 Å². The van der Waals surface area contributed by atoms with E-state index >= 15 is 0 Å². The molecule has 0 saturated heterocycles. The van der Waals surface area contributed by atoms with E-state index in [-0.39, 0.29) is 0 Å². The van der Waals surface area contributed by atoms with Crippen LogP contribution in [0.4, 0.5) is 0 Å². The number of imidazole rings is 1. The molecule has 90 valence electrons. The maximum absolute atomic E-state index is 4.57. The molecule has 0 radical (unpaired) electrons. The Morgan fingerprint density at radius 3 is 2.59 bits per heavy atom. The van der Waals surface area contributed by atoms with Crippen LogP contribution >= 0.6 is 0 Å². The number of fused-ring (bicyclic) bond motifs is 2. The number of aryl methyl sites for hydroxylation is 2. The van der Waals surface area contributed by atoms with Crippen LogP contribution in [0.5, 0.6) is 0 Å². The first kappa shape index (κ1) is 10.8. The Balaban J connectivity index is 2.40. The van der Waals surface area contributed by atoms with E-state index in [0.29, 0.717) is 0 Å². The number of nitrogens with zero attached hydrogens (tertiary/aromatic N) is 2. The normalized spacial score (nSPS) is 15.2. The van der Waals surface area contributed by atoms with Gasteiger partial charge in [-0.05, 0) is 55.2 Å². The highest BCUT2D eigenvalue weighted by Crippen LogP contribution is 2.30. The van der Waals surface area contributed by atoms with Crippen molar-refractivity contribution >= 4 is 5.65 Å². The Kier molecular flexibility index (Phi) is 2.65. The van der Waals surface area contributed by atoms with E-state index in [2.05, 4.69) is 29.4 Å². The van der Waals surface area contributed by atoms with Crippen LogP contribution in [0.2, 0.25) is 0 Å². The predicted octanol–water partition coefficient (Wildman–Crippen LogP) is 3.34. The van der Waals surface area contributed by atoms with Gasteiger partial charge in [-0.25, -0.2) is 4.98 Å². The molecule has 3 rings (SSSR count). The van der Waals surface area contributed by atoms with Crippen LogP contribution in [0.25, 0.3) is 5.65 Å². The molecule has 0 aliphatic heterocycles. The maximum Gasteiger partial charge on any atom is 0.140 e. The molecule has 0 atom stereocenters. The van der Waals surface area contributed by atoms with Crippen molar-refractivity contribution in [1.82, 2.24) is 9.38 Å². The molecule has 2 heteroatoms. The van der Waals surface area contributed by atoms with E-state index in [9.17, 15) is 0 Å². The molecule has 0 aromatic carbocycles. The van der Waals surface area contributed by atoms with Gasteiger partial charge in [0.25, 0.3) is 0 Å². The number of hydrogen-bond acceptors (Lipinski definition) is 1. The lowest BCUT2D eigenvalue weighted by atomic mass is 9.86. The minimum absolute atomic E-state index is 1.10. The SMILES string of the molecule is CCc1c2c(c(CC)n3ccnc13)CCCC2. The quantitative estimate of drug-likeness (QED) is 0.770. The van der Waals surface area contributed by atoms with Crippen molar-refractivity contribution in [1.29, 1.82) is 0 Å². The second kappa shape index (κ2) is 4.17. The van der Waals surface area contributed by atoms with E-state index in [4.69, 9.17) is 0 Å². The van der Waals surface area contributed by atoms with Crippen LogP contribution in [0.1, 0.15) is 49.1 Å². The number of rotatable bonds is 2. The Morgan fingerprint density at radius 2 is 1.88 bits per heavy atom. The molecule has 2 aromatic rings. The molecule has 17 heavy (non-hydrogen) atoms. The first-order valence-corrected chi connectivity index (χ1v) is 6.85. The smallest absolute Gasteiger partial charge is 0.140 e. The van der Waals surface area contributed by atoms with Gasteiger partial charge in [0.05, 0.1) is 0 Å². The summed E-state index contributed by atoms with van der Waals surface area (Å²) in [6, 6.07) is 0. The summed E-state index contributed by atoms with van der Waals surface area (Å²) < 4.78 is 2.32. The van der Waals surface area contributed by atoms with Gasteiger partial charge in [0, 0.05) is 18.1 Å². The highest BCUT2D eigenvalue weighted by molar-refractivity contribution is 5.57. The molecule has 1 aliphatic carbocycles. The van der Waals surface area contributed by atoms with Crippen molar-refractivity contribution < 1.29 is 0 Å². The lowest BCUT2D eigenvalue weighted by Crippen LogP contribution is -2.14. The molecule has 2 aromatic heterocycles. The summed E-state index contributed by atoms with van der Waals surface area (Å²) in [5, 5.41) is 0. The van der Waals surface area contributed by atoms with Gasteiger partial charge in [0.2, 0.25) is 0 Å². The summed E-state index contributed by atoms with van der Waals surface area (Å²) >= 11 is 0. The topological polar surface area (TPSA) is 17.3 Å². The average molecular weight is 228 g/mol. The van der Waals surface area contributed by atoms with Crippen molar-refractivity contribution in [3.8, 4) is 0 Å². The maximum atomic E-state index is 4.57. The molecule has 2 nitrogen and oxygen atoms in total. The van der Waals surface area contributed by atoms with Gasteiger partial charge in [-0.15, -0.1) is 0 Å². The molecule has 0 fully saturated rings. The number of pyridine rings is 1. The average Bonchev–Trinajstić information content (AvgIpc) is 2.84. The molecule has 0 unspecified atom stereocenters. The first-order chi connectivity index (χ1) is 8.36. The highest BCUT2D eigenvalue weighted by atomic mass is 15.0. The summed E-state index contributed by atoms with van der Waals surface area (Å²) in [6.45, 7) is 4.51. The van der Waals surface area contributed by atoms with E-state index in [0.717, 1.165) is 12.8 Å². The van der Waals surface area contributed by atoms with Crippen LogP contribution < -0.4 is 0 Å². The Bertz CT molecular complexity index is 504. The van der Waals surface area contributed by atoms with Crippen LogP contribution in [0, 0.1) is 0 Å². The van der Waals surface area contributed by atoms with Crippen LogP contribution in [-0.2, 0) is 25.7 Å². The lowest BCUT2D eigenvalue weighted by molar-refractivity contribution is 0.664. The van der Waals surface area contributed by atoms with Gasteiger partial charge in [-0.2, -0.15) is 0 Å². The largest absolute Gasteiger partial charge is 0.304 e. The third-order valence-electron chi connectivity index (χ3n) is 4.07. The fourth-order valence-electron chi connectivity index (χ4n) is 3.34. The van der Waals surface area contributed by atoms with E-state index in [1.165, 1.54) is 42.6 Å². The highest BCUT2D eigenvalue weighted by Gasteiger charge is 2.20. The Hall–Kier alpha value is -1.31. The van der Waals surface area contributed by atoms with E-state index in [1.54, 1.807) is 11.1 Å². The molecule has 0 amide bonds. The zero-order valence-electron chi connectivity index (χ0n) is 10.8. The monoisotopic (exact) mass is 228 g/mol. The van der Waals surface area contributed by atoms with Gasteiger partial charge in [0.1, 0.15) is 5.65 Å². The molecule has 2 heterocycles. The van der Waals surface area contributed by atoms with Crippen molar-refractivity contribution in [2.24, 2.45) is 0 Å². The van der Waals surface area contributed by atoms with Crippen LogP contribution in [0.3, 0.4) is 0 Å². The van der Waals surface area contributed by atoms with Gasteiger partial charge >= 0.3 is 0 Å². The summed E-state index contributed by atoms with van der Waals surface area (Å²) in [7, 11) is 0. The lowest BCUT2D eigenvalue weighted by Gasteiger charge is -2.23. The zero-order chi connectivity index (χ0) is 11.8. The summed E-state index contributed by atoms with van der Waals surface area (Å²) in [6.07, 6.45) is 11.5. The molecule has 0 N–H and O–H groups in total. The second-order valence-corrected chi connectivity index (χ2v) is 4.92. The molecule has 0 spiro atoms. The van der Waals surface area contributed by atoms with Crippen molar-refractivity contribution in [3.05, 3.63) is 34.8 Å². The van der Waals surface area contributed by atoms with Gasteiger partial charge < -0.3 is 4.40 Å². The first-order valence-electron chi connectivity index (χ1n) is 6.85.